The second-order valence-corrected chi connectivity index (χ2v) is 4.95. The van der Waals surface area contributed by atoms with Crippen molar-refractivity contribution in [1.82, 2.24) is 4.98 Å². The Labute approximate surface area is 119 Å². The third kappa shape index (κ3) is 2.27. The number of anilines is 1. The minimum Gasteiger partial charge on any atom is -0.435 e. The van der Waals surface area contributed by atoms with Crippen molar-refractivity contribution >= 4 is 32.4 Å². The molecule has 2 aromatic carbocycles. The SMILES string of the molecule is Nc1cccc(Br)c1Oc1nccc2ccccc12. The molecular formula is C15H11BrN2O. The largest absolute Gasteiger partial charge is 0.435 e. The predicted molar refractivity (Wildman–Crippen MR) is 80.4 cm³/mol. The molecule has 3 aromatic rings. The van der Waals surface area contributed by atoms with Crippen LogP contribution in [0, 0.1) is 0 Å². The molecule has 0 unspecified atom stereocenters. The number of hydrogen-bond donors (Lipinski definition) is 1. The zero-order valence-corrected chi connectivity index (χ0v) is 11.6. The number of hydrogen-bond acceptors (Lipinski definition) is 3. The summed E-state index contributed by atoms with van der Waals surface area (Å²) in [5, 5.41) is 2.04. The fourth-order valence-electron chi connectivity index (χ4n) is 1.90. The maximum atomic E-state index is 5.93. The fourth-order valence-corrected chi connectivity index (χ4v) is 2.37. The van der Waals surface area contributed by atoms with Crippen molar-refractivity contribution in [3.63, 3.8) is 0 Å². The van der Waals surface area contributed by atoms with Crippen molar-refractivity contribution in [2.75, 3.05) is 5.73 Å². The van der Waals surface area contributed by atoms with Crippen LogP contribution in [-0.4, -0.2) is 4.98 Å². The van der Waals surface area contributed by atoms with Gasteiger partial charge in [-0.25, -0.2) is 4.98 Å². The molecule has 19 heavy (non-hydrogen) atoms. The van der Waals surface area contributed by atoms with Crippen LogP contribution < -0.4 is 10.5 Å². The standard InChI is InChI=1S/C15H11BrN2O/c16-12-6-3-7-13(17)14(12)19-15-11-5-2-1-4-10(11)8-9-18-15/h1-9H,17H2. The summed E-state index contributed by atoms with van der Waals surface area (Å²) in [6.45, 7) is 0. The van der Waals surface area contributed by atoms with E-state index >= 15 is 0 Å². The quantitative estimate of drug-likeness (QED) is 0.714. The highest BCUT2D eigenvalue weighted by Gasteiger charge is 2.10. The number of pyridine rings is 1. The van der Waals surface area contributed by atoms with Gasteiger partial charge in [-0.15, -0.1) is 0 Å². The molecule has 0 saturated carbocycles. The lowest BCUT2D eigenvalue weighted by atomic mass is 10.2. The second kappa shape index (κ2) is 4.90. The Balaban J connectivity index is 2.11. The number of halogens is 1. The molecule has 1 heterocycles. The van der Waals surface area contributed by atoms with E-state index in [-0.39, 0.29) is 0 Å². The molecule has 94 valence electrons. The van der Waals surface area contributed by atoms with Crippen molar-refractivity contribution in [3.05, 3.63) is 59.2 Å². The normalized spacial score (nSPS) is 10.6. The van der Waals surface area contributed by atoms with Crippen LogP contribution >= 0.6 is 15.9 Å². The Morgan fingerprint density at radius 3 is 2.68 bits per heavy atom. The zero-order valence-electron chi connectivity index (χ0n) is 10.0. The van der Waals surface area contributed by atoms with Gasteiger partial charge in [0.1, 0.15) is 0 Å². The van der Waals surface area contributed by atoms with E-state index in [4.69, 9.17) is 10.5 Å². The van der Waals surface area contributed by atoms with E-state index in [1.807, 2.05) is 42.5 Å². The number of ether oxygens (including phenoxy) is 1. The molecule has 0 aliphatic carbocycles. The summed E-state index contributed by atoms with van der Waals surface area (Å²) in [4.78, 5) is 4.29. The molecule has 0 fully saturated rings. The summed E-state index contributed by atoms with van der Waals surface area (Å²) in [6.07, 6.45) is 1.73. The molecule has 0 amide bonds. The van der Waals surface area contributed by atoms with Gasteiger partial charge in [0.15, 0.2) is 5.75 Å². The highest BCUT2D eigenvalue weighted by atomic mass is 79.9. The number of nitrogen functional groups attached to an aromatic ring is 1. The number of aromatic nitrogens is 1. The number of nitrogens with two attached hydrogens (primary N) is 1. The van der Waals surface area contributed by atoms with Crippen LogP contribution in [0.25, 0.3) is 10.8 Å². The first-order valence-electron chi connectivity index (χ1n) is 5.81. The molecule has 0 aliphatic heterocycles. The molecule has 3 nitrogen and oxygen atoms in total. The summed E-state index contributed by atoms with van der Waals surface area (Å²) < 4.78 is 6.68. The van der Waals surface area contributed by atoms with Crippen LogP contribution in [0.5, 0.6) is 11.6 Å². The molecule has 0 atom stereocenters. The van der Waals surface area contributed by atoms with Crippen LogP contribution in [0.4, 0.5) is 5.69 Å². The topological polar surface area (TPSA) is 48.1 Å². The molecule has 0 aliphatic rings. The minimum absolute atomic E-state index is 0.553. The monoisotopic (exact) mass is 314 g/mol. The van der Waals surface area contributed by atoms with E-state index in [1.54, 1.807) is 12.3 Å². The minimum atomic E-state index is 0.553. The predicted octanol–water partition coefficient (Wildman–Crippen LogP) is 4.37. The fraction of sp³-hybridized carbons (Fsp3) is 0. The average Bonchev–Trinajstić information content (AvgIpc) is 2.43. The molecule has 3 rings (SSSR count). The van der Waals surface area contributed by atoms with Crippen LogP contribution in [-0.2, 0) is 0 Å². The highest BCUT2D eigenvalue weighted by Crippen LogP contribution is 2.36. The van der Waals surface area contributed by atoms with Crippen molar-refractivity contribution < 1.29 is 4.74 Å². The Morgan fingerprint density at radius 1 is 1.00 bits per heavy atom. The molecule has 4 heteroatoms. The molecule has 0 bridgehead atoms. The Hall–Kier alpha value is -2.07. The molecule has 0 saturated heterocycles. The number of fused-ring (bicyclic) bond motifs is 1. The van der Waals surface area contributed by atoms with Crippen LogP contribution in [0.3, 0.4) is 0 Å². The molecule has 2 N–H and O–H groups in total. The first-order chi connectivity index (χ1) is 9.25. The van der Waals surface area contributed by atoms with Gasteiger partial charge >= 0.3 is 0 Å². The highest BCUT2D eigenvalue weighted by molar-refractivity contribution is 9.10. The maximum absolute atomic E-state index is 5.93. The maximum Gasteiger partial charge on any atom is 0.227 e. The number of para-hydroxylation sites is 1. The third-order valence-electron chi connectivity index (χ3n) is 2.83. The summed E-state index contributed by atoms with van der Waals surface area (Å²) in [5.41, 5.74) is 6.50. The second-order valence-electron chi connectivity index (χ2n) is 4.10. The Kier molecular flexibility index (Phi) is 3.09. The van der Waals surface area contributed by atoms with Crippen molar-refractivity contribution in [3.8, 4) is 11.6 Å². The van der Waals surface area contributed by atoms with Gasteiger partial charge in [0.25, 0.3) is 0 Å². The lowest BCUT2D eigenvalue weighted by Crippen LogP contribution is -1.95. The molecule has 0 radical (unpaired) electrons. The smallest absolute Gasteiger partial charge is 0.227 e. The van der Waals surface area contributed by atoms with E-state index in [2.05, 4.69) is 20.9 Å². The molecule has 0 spiro atoms. The van der Waals surface area contributed by atoms with E-state index < -0.39 is 0 Å². The molecule has 1 aromatic heterocycles. The van der Waals surface area contributed by atoms with Crippen LogP contribution in [0.15, 0.2) is 59.2 Å². The van der Waals surface area contributed by atoms with Gasteiger partial charge in [-0.2, -0.15) is 0 Å². The van der Waals surface area contributed by atoms with Crippen molar-refractivity contribution in [1.29, 1.82) is 0 Å². The summed E-state index contributed by atoms with van der Waals surface area (Å²) in [7, 11) is 0. The third-order valence-corrected chi connectivity index (χ3v) is 3.46. The lowest BCUT2D eigenvalue weighted by Gasteiger charge is -2.11. The van der Waals surface area contributed by atoms with E-state index in [0.29, 0.717) is 17.3 Å². The number of rotatable bonds is 2. The van der Waals surface area contributed by atoms with Crippen molar-refractivity contribution in [2.24, 2.45) is 0 Å². The van der Waals surface area contributed by atoms with Gasteiger partial charge in [0.2, 0.25) is 5.88 Å². The Morgan fingerprint density at radius 2 is 1.84 bits per heavy atom. The van der Waals surface area contributed by atoms with Gasteiger partial charge in [-0.05, 0) is 45.6 Å². The summed E-state index contributed by atoms with van der Waals surface area (Å²) in [5.74, 6) is 1.14. The van der Waals surface area contributed by atoms with Crippen LogP contribution in [0.2, 0.25) is 0 Å². The van der Waals surface area contributed by atoms with Gasteiger partial charge in [0.05, 0.1) is 10.2 Å². The Bertz CT molecular complexity index is 718. The lowest BCUT2D eigenvalue weighted by molar-refractivity contribution is 0.468. The van der Waals surface area contributed by atoms with E-state index in [9.17, 15) is 0 Å². The average molecular weight is 315 g/mol. The molecular weight excluding hydrogens is 304 g/mol. The zero-order chi connectivity index (χ0) is 13.2. The van der Waals surface area contributed by atoms with Crippen LogP contribution in [0.1, 0.15) is 0 Å². The van der Waals surface area contributed by atoms with Gasteiger partial charge in [-0.1, -0.05) is 24.3 Å². The first kappa shape index (κ1) is 12.0. The first-order valence-corrected chi connectivity index (χ1v) is 6.60. The van der Waals surface area contributed by atoms with E-state index in [0.717, 1.165) is 15.2 Å². The van der Waals surface area contributed by atoms with Gasteiger partial charge in [-0.3, -0.25) is 0 Å². The van der Waals surface area contributed by atoms with Gasteiger partial charge < -0.3 is 10.5 Å². The summed E-state index contributed by atoms with van der Waals surface area (Å²) in [6, 6.07) is 15.4. The van der Waals surface area contributed by atoms with E-state index in [1.165, 1.54) is 0 Å². The number of nitrogens with zero attached hydrogens (tertiary/aromatic N) is 1. The number of benzene rings is 2. The van der Waals surface area contributed by atoms with Crippen molar-refractivity contribution in [2.45, 2.75) is 0 Å². The summed E-state index contributed by atoms with van der Waals surface area (Å²) >= 11 is 3.44. The van der Waals surface area contributed by atoms with Gasteiger partial charge in [0, 0.05) is 11.6 Å².